The number of benzene rings is 3. The summed E-state index contributed by atoms with van der Waals surface area (Å²) in [6.45, 7) is 1.82. The molecule has 4 rings (SSSR count). The van der Waals surface area contributed by atoms with Gasteiger partial charge in [0.1, 0.15) is 17.3 Å². The van der Waals surface area contributed by atoms with E-state index in [0.29, 0.717) is 11.4 Å². The number of anilines is 2. The van der Waals surface area contributed by atoms with Crippen LogP contribution in [0.5, 0.6) is 0 Å². The van der Waals surface area contributed by atoms with Crippen molar-refractivity contribution in [2.24, 2.45) is 0 Å². The van der Waals surface area contributed by atoms with Crippen molar-refractivity contribution in [2.75, 3.05) is 11.6 Å². The zero-order chi connectivity index (χ0) is 21.5. The molecule has 0 unspecified atom stereocenters. The zero-order valence-corrected chi connectivity index (χ0v) is 17.0. The largest absolute Gasteiger partial charge is 0.353 e. The van der Waals surface area contributed by atoms with Crippen molar-refractivity contribution in [1.29, 1.82) is 0 Å². The van der Waals surface area contributed by atoms with Gasteiger partial charge in [-0.15, -0.1) is 5.10 Å². The molecular formula is C22H17F2N3O2S. The second kappa shape index (κ2) is 7.46. The third kappa shape index (κ3) is 3.86. The molecule has 1 aromatic heterocycles. The Bertz CT molecular complexity index is 1390. The van der Waals surface area contributed by atoms with E-state index >= 15 is 0 Å². The van der Waals surface area contributed by atoms with Crippen LogP contribution >= 0.6 is 0 Å². The zero-order valence-electron chi connectivity index (χ0n) is 16.1. The first kappa shape index (κ1) is 19.9. The lowest BCUT2D eigenvalue weighted by molar-refractivity contribution is 0.586. The summed E-state index contributed by atoms with van der Waals surface area (Å²) in [5.41, 5.74) is 2.91. The number of sulfone groups is 1. The third-order valence-electron chi connectivity index (χ3n) is 4.75. The molecule has 0 bridgehead atoms. The van der Waals surface area contributed by atoms with Crippen molar-refractivity contribution < 1.29 is 17.2 Å². The molecule has 0 spiro atoms. The van der Waals surface area contributed by atoms with Crippen LogP contribution in [0.15, 0.2) is 65.7 Å². The number of aromatic nitrogens is 2. The molecule has 0 saturated carbocycles. The van der Waals surface area contributed by atoms with E-state index in [1.165, 1.54) is 12.1 Å². The lowest BCUT2D eigenvalue weighted by atomic mass is 10.0. The number of fused-ring (bicyclic) bond motifs is 1. The molecule has 0 fully saturated rings. The molecule has 0 aliphatic carbocycles. The van der Waals surface area contributed by atoms with E-state index < -0.39 is 21.5 Å². The Kier molecular flexibility index (Phi) is 4.95. The number of rotatable bonds is 4. The van der Waals surface area contributed by atoms with Crippen LogP contribution in [0.4, 0.5) is 20.2 Å². The van der Waals surface area contributed by atoms with Gasteiger partial charge in [-0.05, 0) is 55.0 Å². The predicted octanol–water partition coefficient (Wildman–Crippen LogP) is 5.03. The monoisotopic (exact) mass is 425 g/mol. The SMILES string of the molecule is Cc1cc(S(C)(=O)=O)ccc1-c1nncc2cc(Nc3ccc(F)cc3F)ccc12. The van der Waals surface area contributed by atoms with Crippen molar-refractivity contribution in [3.05, 3.63) is 78.0 Å². The standard InChI is InChI=1S/C22H17F2N3O2S/c1-13-9-17(30(2,28)29)5-7-18(13)22-19-6-4-16(10-14(19)12-25-27-22)26-21-8-3-15(23)11-20(21)24/h3-12,26H,1-2H3. The molecule has 8 heteroatoms. The van der Waals surface area contributed by atoms with Crippen molar-refractivity contribution in [1.82, 2.24) is 10.2 Å². The van der Waals surface area contributed by atoms with E-state index in [-0.39, 0.29) is 10.6 Å². The molecule has 0 aliphatic rings. The Morgan fingerprint density at radius 1 is 0.967 bits per heavy atom. The van der Waals surface area contributed by atoms with Crippen LogP contribution in [0.2, 0.25) is 0 Å². The molecule has 30 heavy (non-hydrogen) atoms. The van der Waals surface area contributed by atoms with Crippen molar-refractivity contribution in [3.8, 4) is 11.3 Å². The van der Waals surface area contributed by atoms with E-state index in [1.807, 2.05) is 13.0 Å². The summed E-state index contributed by atoms with van der Waals surface area (Å²) in [4.78, 5) is 0.241. The highest BCUT2D eigenvalue weighted by Crippen LogP contribution is 2.32. The van der Waals surface area contributed by atoms with Crippen molar-refractivity contribution >= 4 is 32.0 Å². The molecule has 0 amide bonds. The normalized spacial score (nSPS) is 11.6. The molecule has 0 radical (unpaired) electrons. The summed E-state index contributed by atoms with van der Waals surface area (Å²) < 4.78 is 50.6. The highest BCUT2D eigenvalue weighted by atomic mass is 32.2. The molecule has 0 aliphatic heterocycles. The fourth-order valence-electron chi connectivity index (χ4n) is 3.24. The molecule has 0 saturated heterocycles. The summed E-state index contributed by atoms with van der Waals surface area (Å²) in [6.07, 6.45) is 2.75. The van der Waals surface area contributed by atoms with Crippen LogP contribution in [0.1, 0.15) is 5.56 Å². The quantitative estimate of drug-likeness (QED) is 0.497. The van der Waals surface area contributed by atoms with Crippen LogP contribution in [-0.2, 0) is 9.84 Å². The first-order valence-electron chi connectivity index (χ1n) is 9.01. The topological polar surface area (TPSA) is 72.0 Å². The van der Waals surface area contributed by atoms with Crippen molar-refractivity contribution in [2.45, 2.75) is 11.8 Å². The summed E-state index contributed by atoms with van der Waals surface area (Å²) in [7, 11) is -3.31. The summed E-state index contributed by atoms with van der Waals surface area (Å²) >= 11 is 0. The summed E-state index contributed by atoms with van der Waals surface area (Å²) in [5.74, 6) is -1.33. The van der Waals surface area contributed by atoms with Crippen LogP contribution in [0.3, 0.4) is 0 Å². The van der Waals surface area contributed by atoms with Crippen LogP contribution in [0, 0.1) is 18.6 Å². The Morgan fingerprint density at radius 3 is 2.47 bits per heavy atom. The molecule has 5 nitrogen and oxygen atoms in total. The maximum absolute atomic E-state index is 13.9. The lowest BCUT2D eigenvalue weighted by Gasteiger charge is -2.12. The van der Waals surface area contributed by atoms with Crippen LogP contribution in [0.25, 0.3) is 22.0 Å². The fraction of sp³-hybridized carbons (Fsp3) is 0.0909. The van der Waals surface area contributed by atoms with Gasteiger partial charge >= 0.3 is 0 Å². The van der Waals surface area contributed by atoms with Crippen molar-refractivity contribution in [3.63, 3.8) is 0 Å². The third-order valence-corrected chi connectivity index (χ3v) is 5.86. The number of nitrogens with zero attached hydrogens (tertiary/aromatic N) is 2. The Balaban J connectivity index is 1.75. The van der Waals surface area contributed by atoms with Gasteiger partial charge in [-0.25, -0.2) is 17.2 Å². The van der Waals surface area contributed by atoms with Gasteiger partial charge in [0.05, 0.1) is 16.8 Å². The van der Waals surface area contributed by atoms with Gasteiger partial charge in [0.2, 0.25) is 0 Å². The van der Waals surface area contributed by atoms with Gasteiger partial charge in [0.15, 0.2) is 9.84 Å². The van der Waals surface area contributed by atoms with Gasteiger partial charge in [-0.2, -0.15) is 5.10 Å². The van der Waals surface area contributed by atoms with Crippen LogP contribution < -0.4 is 5.32 Å². The highest BCUT2D eigenvalue weighted by Gasteiger charge is 2.14. The van der Waals surface area contributed by atoms with Gasteiger partial charge in [0.25, 0.3) is 0 Å². The molecule has 152 valence electrons. The molecule has 1 N–H and O–H groups in total. The van der Waals surface area contributed by atoms with Gasteiger partial charge in [-0.3, -0.25) is 0 Å². The number of aryl methyl sites for hydroxylation is 1. The maximum Gasteiger partial charge on any atom is 0.175 e. The molecule has 0 atom stereocenters. The van der Waals surface area contributed by atoms with E-state index in [4.69, 9.17) is 0 Å². The second-order valence-corrected chi connectivity index (χ2v) is 9.01. The van der Waals surface area contributed by atoms with Gasteiger partial charge in [0, 0.05) is 34.3 Å². The molecule has 1 heterocycles. The van der Waals surface area contributed by atoms with E-state index in [2.05, 4.69) is 15.5 Å². The Morgan fingerprint density at radius 2 is 1.77 bits per heavy atom. The van der Waals surface area contributed by atoms with E-state index in [1.54, 1.807) is 36.5 Å². The van der Waals surface area contributed by atoms with Gasteiger partial charge < -0.3 is 5.32 Å². The fourth-order valence-corrected chi connectivity index (χ4v) is 3.95. The Hall–Kier alpha value is -3.39. The minimum atomic E-state index is -3.31. The second-order valence-electron chi connectivity index (χ2n) is 6.99. The predicted molar refractivity (Wildman–Crippen MR) is 112 cm³/mol. The maximum atomic E-state index is 13.9. The lowest BCUT2D eigenvalue weighted by Crippen LogP contribution is -1.99. The molecule has 4 aromatic rings. The first-order valence-corrected chi connectivity index (χ1v) is 10.9. The molecule has 3 aromatic carbocycles. The minimum absolute atomic E-state index is 0.158. The van der Waals surface area contributed by atoms with Gasteiger partial charge in [-0.1, -0.05) is 6.07 Å². The van der Waals surface area contributed by atoms with Crippen LogP contribution in [-0.4, -0.2) is 24.9 Å². The molecular weight excluding hydrogens is 408 g/mol. The highest BCUT2D eigenvalue weighted by molar-refractivity contribution is 7.90. The summed E-state index contributed by atoms with van der Waals surface area (Å²) in [6, 6.07) is 13.6. The van der Waals surface area contributed by atoms with E-state index in [0.717, 1.165) is 34.2 Å². The first-order chi connectivity index (χ1) is 14.2. The number of hydrogen-bond acceptors (Lipinski definition) is 5. The Labute approximate surface area is 172 Å². The number of nitrogens with one attached hydrogen (secondary N) is 1. The number of halogens is 2. The smallest absolute Gasteiger partial charge is 0.175 e. The average molecular weight is 425 g/mol. The van der Waals surface area contributed by atoms with E-state index in [9.17, 15) is 17.2 Å². The number of hydrogen-bond donors (Lipinski definition) is 1. The average Bonchev–Trinajstić information content (AvgIpc) is 2.69. The summed E-state index contributed by atoms with van der Waals surface area (Å²) in [5, 5.41) is 12.8. The minimum Gasteiger partial charge on any atom is -0.353 e.